The number of ketones is 1. The maximum atomic E-state index is 12.8. The van der Waals surface area contributed by atoms with Crippen LogP contribution in [0.25, 0.3) is 5.69 Å². The van der Waals surface area contributed by atoms with Crippen molar-refractivity contribution >= 4 is 5.78 Å². The summed E-state index contributed by atoms with van der Waals surface area (Å²) in [6.45, 7) is 1.10. The lowest BCUT2D eigenvalue weighted by molar-refractivity contribution is -0.0177. The van der Waals surface area contributed by atoms with E-state index in [0.717, 1.165) is 12.1 Å². The number of aromatic nitrogens is 3. The van der Waals surface area contributed by atoms with E-state index < -0.39 is 6.10 Å². The molecule has 3 heterocycles. The molecule has 1 aromatic carbocycles. The number of hydrogen-bond donors (Lipinski definition) is 1. The minimum absolute atomic E-state index is 0.00454. The molecule has 1 aliphatic carbocycles. The first kappa shape index (κ1) is 21.7. The molecule has 6 heteroatoms. The van der Waals surface area contributed by atoms with Crippen molar-refractivity contribution < 1.29 is 14.6 Å². The summed E-state index contributed by atoms with van der Waals surface area (Å²) < 4.78 is 7.27. The first-order valence-electron chi connectivity index (χ1n) is 11.7. The third-order valence-electron chi connectivity index (χ3n) is 6.48. The van der Waals surface area contributed by atoms with Gasteiger partial charge in [0.05, 0.1) is 18.4 Å². The summed E-state index contributed by atoms with van der Waals surface area (Å²) >= 11 is 0. The van der Waals surface area contributed by atoms with Crippen molar-refractivity contribution in [2.75, 3.05) is 13.2 Å². The summed E-state index contributed by atoms with van der Waals surface area (Å²) in [4.78, 5) is 17.3. The molecule has 0 spiro atoms. The van der Waals surface area contributed by atoms with Crippen molar-refractivity contribution in [3.63, 3.8) is 0 Å². The van der Waals surface area contributed by atoms with Crippen molar-refractivity contribution in [1.29, 1.82) is 0 Å². The molecule has 0 unspecified atom stereocenters. The average molecular weight is 444 g/mol. The highest BCUT2D eigenvalue weighted by atomic mass is 16.5. The molecule has 5 rings (SSSR count). The minimum atomic E-state index is -0.396. The van der Waals surface area contributed by atoms with Crippen molar-refractivity contribution in [3.8, 4) is 5.69 Å². The van der Waals surface area contributed by atoms with Gasteiger partial charge in [-0.15, -0.1) is 0 Å². The second kappa shape index (κ2) is 9.81. The summed E-state index contributed by atoms with van der Waals surface area (Å²) in [6, 6.07) is 12.3. The molecule has 2 aromatic heterocycles. The van der Waals surface area contributed by atoms with Gasteiger partial charge in [0, 0.05) is 37.5 Å². The van der Waals surface area contributed by atoms with Crippen LogP contribution >= 0.6 is 0 Å². The predicted octanol–water partition coefficient (Wildman–Crippen LogP) is 4.26. The van der Waals surface area contributed by atoms with Crippen LogP contribution in [0.5, 0.6) is 0 Å². The van der Waals surface area contributed by atoms with Gasteiger partial charge < -0.3 is 9.84 Å². The van der Waals surface area contributed by atoms with Crippen LogP contribution < -0.4 is 0 Å². The van der Waals surface area contributed by atoms with E-state index in [2.05, 4.69) is 34.3 Å². The fourth-order valence-corrected chi connectivity index (χ4v) is 4.37. The monoisotopic (exact) mass is 443 g/mol. The van der Waals surface area contributed by atoms with Gasteiger partial charge in [-0.1, -0.05) is 24.3 Å². The first-order chi connectivity index (χ1) is 16.2. The fraction of sp³-hybridized carbons (Fsp3) is 0.370. The Hall–Kier alpha value is -3.09. The lowest BCUT2D eigenvalue weighted by Crippen LogP contribution is -2.30. The van der Waals surface area contributed by atoms with E-state index in [0.29, 0.717) is 31.2 Å². The molecule has 0 amide bonds. The molecule has 1 saturated heterocycles. The number of pyridine rings is 1. The normalized spacial score (nSPS) is 20.9. The van der Waals surface area contributed by atoms with E-state index in [-0.39, 0.29) is 18.1 Å². The number of ether oxygens (including phenoxy) is 1. The highest BCUT2D eigenvalue weighted by molar-refractivity contribution is 5.95. The van der Waals surface area contributed by atoms with Crippen LogP contribution in [0.3, 0.4) is 0 Å². The number of Topliss-reactive ketones (excluding diaryl/α,β-unsaturated/α-hetero) is 1. The highest BCUT2D eigenvalue weighted by Crippen LogP contribution is 2.42. The number of allylic oxidation sites excluding steroid dienone is 1. The van der Waals surface area contributed by atoms with Crippen molar-refractivity contribution in [1.82, 2.24) is 14.8 Å². The summed E-state index contributed by atoms with van der Waals surface area (Å²) in [6.07, 6.45) is 13.0. The van der Waals surface area contributed by atoms with Gasteiger partial charge in [0.15, 0.2) is 5.78 Å². The molecular weight excluding hydrogens is 414 g/mol. The summed E-state index contributed by atoms with van der Waals surface area (Å²) in [5, 5.41) is 14.3. The summed E-state index contributed by atoms with van der Waals surface area (Å²) in [7, 11) is 0. The van der Waals surface area contributed by atoms with Crippen LogP contribution in [-0.4, -0.2) is 45.0 Å². The molecule has 3 aromatic rings. The zero-order valence-electron chi connectivity index (χ0n) is 18.6. The van der Waals surface area contributed by atoms with Crippen LogP contribution in [-0.2, 0) is 11.2 Å². The van der Waals surface area contributed by atoms with E-state index in [9.17, 15) is 9.90 Å². The minimum Gasteiger partial charge on any atom is -0.392 e. The molecule has 1 saturated carbocycles. The molecule has 2 atom stereocenters. The molecule has 1 aliphatic heterocycles. The summed E-state index contributed by atoms with van der Waals surface area (Å²) in [5.41, 5.74) is 5.18. The van der Waals surface area contributed by atoms with Crippen LogP contribution in [0.2, 0.25) is 0 Å². The number of rotatable bonds is 8. The summed E-state index contributed by atoms with van der Waals surface area (Å²) in [5.74, 6) is 0.514. The zero-order chi connectivity index (χ0) is 22.6. The molecule has 0 bridgehead atoms. The van der Waals surface area contributed by atoms with Crippen molar-refractivity contribution in [2.45, 2.75) is 44.1 Å². The zero-order valence-corrected chi connectivity index (χ0v) is 18.6. The van der Waals surface area contributed by atoms with E-state index in [1.165, 1.54) is 29.5 Å². The third-order valence-corrected chi connectivity index (χ3v) is 6.48. The van der Waals surface area contributed by atoms with Crippen LogP contribution in [0, 0.1) is 5.92 Å². The number of carbonyl (C=O) groups is 1. The Morgan fingerprint density at radius 2 is 2.06 bits per heavy atom. The maximum Gasteiger partial charge on any atom is 0.184 e. The molecule has 2 aliphatic rings. The standard InChI is InChI=1S/C27H29N3O3/c31-26-11-14-33-18-21(26)3-1-4-27(32)25-16-22(24(17-28-25)20-7-8-20)15-19-5-9-23(10-6-19)30-13-2-12-29-30/h1-3,5-6,9-10,12-13,16-17,20-21,26,31H,4,7-8,11,14-15,18H2/b3-1+/t21-,26-/m0/s1. The Morgan fingerprint density at radius 1 is 1.21 bits per heavy atom. The predicted molar refractivity (Wildman–Crippen MR) is 126 cm³/mol. The van der Waals surface area contributed by atoms with Gasteiger partial charge in [0.1, 0.15) is 5.69 Å². The smallest absolute Gasteiger partial charge is 0.184 e. The first-order valence-corrected chi connectivity index (χ1v) is 11.7. The molecule has 1 N–H and O–H groups in total. The lowest BCUT2D eigenvalue weighted by Gasteiger charge is -2.25. The van der Waals surface area contributed by atoms with Crippen LogP contribution in [0.1, 0.15) is 58.8 Å². The van der Waals surface area contributed by atoms with Gasteiger partial charge >= 0.3 is 0 Å². The van der Waals surface area contributed by atoms with Gasteiger partial charge in [-0.3, -0.25) is 9.78 Å². The SMILES string of the molecule is O=C(C/C=C/[C@H]1COCC[C@@H]1O)c1cc(Cc2ccc(-n3cccn3)cc2)c(C2CC2)cn1. The van der Waals surface area contributed by atoms with Gasteiger partial charge in [0.25, 0.3) is 0 Å². The molecule has 0 radical (unpaired) electrons. The lowest BCUT2D eigenvalue weighted by atomic mass is 9.96. The maximum absolute atomic E-state index is 12.8. The largest absolute Gasteiger partial charge is 0.392 e. The fourth-order valence-electron chi connectivity index (χ4n) is 4.37. The quantitative estimate of drug-likeness (QED) is 0.416. The molecule has 2 fully saturated rings. The van der Waals surface area contributed by atoms with Gasteiger partial charge in [-0.2, -0.15) is 5.10 Å². The number of benzene rings is 1. The topological polar surface area (TPSA) is 77.2 Å². The van der Waals surface area contributed by atoms with Gasteiger partial charge in [0.2, 0.25) is 0 Å². The van der Waals surface area contributed by atoms with Crippen LogP contribution in [0.4, 0.5) is 0 Å². The molecule has 33 heavy (non-hydrogen) atoms. The van der Waals surface area contributed by atoms with E-state index >= 15 is 0 Å². The number of nitrogens with zero attached hydrogens (tertiary/aromatic N) is 3. The second-order valence-corrected chi connectivity index (χ2v) is 8.99. The number of carbonyl (C=O) groups excluding carboxylic acids is 1. The van der Waals surface area contributed by atoms with Crippen LogP contribution in [0.15, 0.2) is 67.1 Å². The van der Waals surface area contributed by atoms with Crippen molar-refractivity contribution in [3.05, 3.63) is 89.5 Å². The third kappa shape index (κ3) is 5.29. The Balaban J connectivity index is 1.29. The number of hydrogen-bond acceptors (Lipinski definition) is 5. The Bertz CT molecular complexity index is 1120. The second-order valence-electron chi connectivity index (χ2n) is 8.99. The van der Waals surface area contributed by atoms with Gasteiger partial charge in [-0.05, 0) is 72.6 Å². The number of aliphatic hydroxyl groups excluding tert-OH is 1. The molecule has 170 valence electrons. The Labute approximate surface area is 193 Å². The van der Waals surface area contributed by atoms with E-state index in [1.807, 2.05) is 41.4 Å². The Kier molecular flexibility index (Phi) is 6.46. The average Bonchev–Trinajstić information content (AvgIpc) is 3.53. The number of aliphatic hydroxyl groups is 1. The van der Waals surface area contributed by atoms with Gasteiger partial charge in [-0.25, -0.2) is 4.68 Å². The van der Waals surface area contributed by atoms with E-state index in [4.69, 9.17) is 4.74 Å². The molecular formula is C27H29N3O3. The highest BCUT2D eigenvalue weighted by Gasteiger charge is 2.27. The van der Waals surface area contributed by atoms with Crippen molar-refractivity contribution in [2.24, 2.45) is 5.92 Å². The Morgan fingerprint density at radius 3 is 2.79 bits per heavy atom. The van der Waals surface area contributed by atoms with E-state index in [1.54, 1.807) is 6.20 Å². The molecule has 6 nitrogen and oxygen atoms in total.